The summed E-state index contributed by atoms with van der Waals surface area (Å²) in [5.41, 5.74) is 0. The Morgan fingerprint density at radius 2 is 1.92 bits per heavy atom. The van der Waals surface area contributed by atoms with Crippen LogP contribution in [0.2, 0.25) is 0 Å². The van der Waals surface area contributed by atoms with E-state index in [9.17, 15) is 0 Å². The van der Waals surface area contributed by atoms with Gasteiger partial charge in [0, 0.05) is 16.5 Å². The van der Waals surface area contributed by atoms with Crippen molar-refractivity contribution in [2.75, 3.05) is 0 Å². The van der Waals surface area contributed by atoms with Gasteiger partial charge < -0.3 is 0 Å². The highest BCUT2D eigenvalue weighted by atomic mass is 32.1. The van der Waals surface area contributed by atoms with Gasteiger partial charge >= 0.3 is 0 Å². The van der Waals surface area contributed by atoms with E-state index in [1.807, 2.05) is 12.3 Å². The van der Waals surface area contributed by atoms with Gasteiger partial charge in [0.15, 0.2) is 0 Å². The van der Waals surface area contributed by atoms with Crippen LogP contribution >= 0.6 is 22.7 Å². The molecule has 72 valence electrons. The lowest BCUT2D eigenvalue weighted by Crippen LogP contribution is -1.56. The molecule has 0 spiro atoms. The summed E-state index contributed by atoms with van der Waals surface area (Å²) in [6, 6.07) is 4.16. The third-order valence-corrected chi connectivity index (χ3v) is 2.72. The summed E-state index contributed by atoms with van der Waals surface area (Å²) < 4.78 is 0. The lowest BCUT2D eigenvalue weighted by atomic mass is 10.5. The van der Waals surface area contributed by atoms with E-state index in [0.29, 0.717) is 0 Å². The van der Waals surface area contributed by atoms with E-state index in [4.69, 9.17) is 0 Å². The lowest BCUT2D eigenvalue weighted by molar-refractivity contribution is 1.30. The number of thiophene rings is 1. The van der Waals surface area contributed by atoms with Crippen LogP contribution in [-0.2, 0) is 0 Å². The molecule has 13 heavy (non-hydrogen) atoms. The Balaban J connectivity index is 0.000000206. The third-order valence-electron chi connectivity index (χ3n) is 1.22. The number of aromatic nitrogens is 1. The summed E-state index contributed by atoms with van der Waals surface area (Å²) in [5, 5.41) is 5.18. The van der Waals surface area contributed by atoms with Gasteiger partial charge in [-0.3, -0.25) is 4.98 Å². The van der Waals surface area contributed by atoms with Gasteiger partial charge in [0.1, 0.15) is 0 Å². The fourth-order valence-electron chi connectivity index (χ4n) is 0.655. The number of hydrogen-bond donors (Lipinski definition) is 0. The molecule has 0 fully saturated rings. The minimum Gasteiger partial charge on any atom is -0.250 e. The second-order valence-electron chi connectivity index (χ2n) is 2.27. The van der Waals surface area contributed by atoms with E-state index in [2.05, 4.69) is 29.4 Å². The summed E-state index contributed by atoms with van der Waals surface area (Å²) in [7, 11) is 0. The number of nitrogens with zero attached hydrogens (tertiary/aromatic N) is 1. The van der Waals surface area contributed by atoms with E-state index in [1.165, 1.54) is 4.88 Å². The lowest BCUT2D eigenvalue weighted by Gasteiger charge is -1.65. The fraction of sp³-hybridized carbons (Fsp3) is 0.300. The van der Waals surface area contributed by atoms with Gasteiger partial charge in [-0.1, -0.05) is 13.5 Å². The van der Waals surface area contributed by atoms with E-state index in [1.54, 1.807) is 28.9 Å². The average Bonchev–Trinajstić information content (AvgIpc) is 2.63. The van der Waals surface area contributed by atoms with Crippen molar-refractivity contribution in [2.45, 2.75) is 21.3 Å². The molecule has 0 aliphatic carbocycles. The van der Waals surface area contributed by atoms with Gasteiger partial charge in [0.25, 0.3) is 0 Å². The molecule has 0 unspecified atom stereocenters. The van der Waals surface area contributed by atoms with Crippen LogP contribution in [0.5, 0.6) is 0 Å². The van der Waals surface area contributed by atoms with Crippen LogP contribution in [0.4, 0.5) is 0 Å². The first kappa shape index (κ1) is 12.3. The zero-order valence-corrected chi connectivity index (χ0v) is 8.78. The number of thiazole rings is 1. The van der Waals surface area contributed by atoms with Crippen molar-refractivity contribution in [3.63, 3.8) is 0 Å². The highest BCUT2D eigenvalue weighted by Gasteiger charge is 1.76. The fourth-order valence-corrected chi connectivity index (χ4v) is 1.62. The minimum absolute atomic E-state index is 0. The molecule has 0 saturated heterocycles. The molecule has 0 atom stereocenters. The molecule has 2 aromatic heterocycles. The maximum absolute atomic E-state index is 3.94. The van der Waals surface area contributed by atoms with Gasteiger partial charge in [0.2, 0.25) is 0 Å². The van der Waals surface area contributed by atoms with Crippen LogP contribution in [-0.4, -0.2) is 4.98 Å². The molecule has 1 nitrogen and oxygen atoms in total. The smallest absolute Gasteiger partial charge is 0.0893 e. The maximum atomic E-state index is 3.94. The van der Waals surface area contributed by atoms with Crippen LogP contribution in [0.1, 0.15) is 17.3 Å². The molecular weight excluding hydrogens is 198 g/mol. The van der Waals surface area contributed by atoms with Crippen molar-refractivity contribution < 1.29 is 0 Å². The standard InChI is InChI=1S/C5H6S.C4H5NS.CH4/c1-5-3-2-4-6-5;1-4-5-2-3-6-4;/h2-4H,1H3;2-3H,1H3;1H4. The Bertz CT molecular complexity index is 252. The number of aryl methyl sites for hydroxylation is 2. The zero-order valence-electron chi connectivity index (χ0n) is 7.15. The minimum atomic E-state index is 0. The molecule has 2 rings (SSSR count). The second-order valence-corrected chi connectivity index (χ2v) is 4.53. The molecular formula is C10H15NS2. The summed E-state index contributed by atoms with van der Waals surface area (Å²) in [6.45, 7) is 4.09. The van der Waals surface area contributed by atoms with Crippen molar-refractivity contribution in [3.8, 4) is 0 Å². The molecule has 0 amide bonds. The van der Waals surface area contributed by atoms with Crippen LogP contribution in [0.15, 0.2) is 29.1 Å². The first-order valence-corrected chi connectivity index (χ1v) is 5.41. The van der Waals surface area contributed by atoms with Gasteiger partial charge in [-0.05, 0) is 25.3 Å². The second kappa shape index (κ2) is 6.80. The maximum Gasteiger partial charge on any atom is 0.0893 e. The first-order valence-electron chi connectivity index (χ1n) is 3.65. The SMILES string of the molecule is C.Cc1cccs1.Cc1nccs1. The normalized spacial score (nSPS) is 8.15. The van der Waals surface area contributed by atoms with Crippen molar-refractivity contribution in [2.24, 2.45) is 0 Å². The molecule has 0 radical (unpaired) electrons. The quantitative estimate of drug-likeness (QED) is 0.641. The molecule has 2 aromatic rings. The predicted molar refractivity (Wildman–Crippen MR) is 62.6 cm³/mol. The zero-order chi connectivity index (χ0) is 8.81. The van der Waals surface area contributed by atoms with Gasteiger partial charge in [-0.2, -0.15) is 0 Å². The Morgan fingerprint density at radius 1 is 1.15 bits per heavy atom. The molecule has 0 bridgehead atoms. The summed E-state index contributed by atoms with van der Waals surface area (Å²) in [4.78, 5) is 5.32. The summed E-state index contributed by atoms with van der Waals surface area (Å²) in [5.74, 6) is 0. The molecule has 0 aliphatic rings. The van der Waals surface area contributed by atoms with Gasteiger partial charge in [-0.25, -0.2) is 0 Å². The monoisotopic (exact) mass is 213 g/mol. The first-order chi connectivity index (χ1) is 5.79. The summed E-state index contributed by atoms with van der Waals surface area (Å²) >= 11 is 3.44. The van der Waals surface area contributed by atoms with Crippen LogP contribution < -0.4 is 0 Å². The average molecular weight is 213 g/mol. The van der Waals surface area contributed by atoms with Gasteiger partial charge in [0.05, 0.1) is 5.01 Å². The highest BCUT2D eigenvalue weighted by Crippen LogP contribution is 2.03. The Hall–Kier alpha value is -0.670. The van der Waals surface area contributed by atoms with Crippen LogP contribution in [0, 0.1) is 13.8 Å². The topological polar surface area (TPSA) is 12.9 Å². The largest absolute Gasteiger partial charge is 0.250 e. The Kier molecular flexibility index (Phi) is 6.45. The molecule has 0 saturated carbocycles. The van der Waals surface area contributed by atoms with Crippen molar-refractivity contribution >= 4 is 22.7 Å². The molecule has 0 aromatic carbocycles. The Labute approximate surface area is 88.1 Å². The van der Waals surface area contributed by atoms with Crippen LogP contribution in [0.25, 0.3) is 0 Å². The van der Waals surface area contributed by atoms with Gasteiger partial charge in [-0.15, -0.1) is 22.7 Å². The number of hydrogen-bond acceptors (Lipinski definition) is 3. The molecule has 0 N–H and O–H groups in total. The highest BCUT2D eigenvalue weighted by molar-refractivity contribution is 7.09. The van der Waals surface area contributed by atoms with E-state index in [0.717, 1.165) is 5.01 Å². The van der Waals surface area contributed by atoms with E-state index >= 15 is 0 Å². The predicted octanol–water partition coefficient (Wildman–Crippen LogP) is 4.14. The number of rotatable bonds is 0. The molecule has 2 heterocycles. The van der Waals surface area contributed by atoms with Crippen molar-refractivity contribution in [3.05, 3.63) is 39.0 Å². The Morgan fingerprint density at radius 3 is 2.08 bits per heavy atom. The van der Waals surface area contributed by atoms with E-state index < -0.39 is 0 Å². The van der Waals surface area contributed by atoms with Crippen LogP contribution in [0.3, 0.4) is 0 Å². The summed E-state index contributed by atoms with van der Waals surface area (Å²) in [6.07, 6.45) is 1.81. The third kappa shape index (κ3) is 5.55. The van der Waals surface area contributed by atoms with Crippen molar-refractivity contribution in [1.82, 2.24) is 4.98 Å². The van der Waals surface area contributed by atoms with Crippen molar-refractivity contribution in [1.29, 1.82) is 0 Å². The van der Waals surface area contributed by atoms with E-state index in [-0.39, 0.29) is 7.43 Å². The molecule has 0 aliphatic heterocycles. The molecule has 3 heteroatoms.